The molecular formula is C12H26N2O2. The molecule has 1 saturated heterocycles. The minimum Gasteiger partial charge on any atom is -0.379 e. The maximum atomic E-state index is 5.59. The molecule has 0 saturated carbocycles. The van der Waals surface area contributed by atoms with Crippen LogP contribution < -0.4 is 5.32 Å². The Hall–Kier alpha value is -0.160. The van der Waals surface area contributed by atoms with Gasteiger partial charge in [0.25, 0.3) is 0 Å². The van der Waals surface area contributed by atoms with Crippen LogP contribution in [0.3, 0.4) is 0 Å². The third-order valence-corrected chi connectivity index (χ3v) is 2.56. The van der Waals surface area contributed by atoms with Crippen LogP contribution in [0.2, 0.25) is 0 Å². The Morgan fingerprint density at radius 1 is 1.19 bits per heavy atom. The lowest BCUT2D eigenvalue weighted by Crippen LogP contribution is -2.39. The van der Waals surface area contributed by atoms with Crippen LogP contribution in [0.4, 0.5) is 0 Å². The molecule has 16 heavy (non-hydrogen) atoms. The van der Waals surface area contributed by atoms with Crippen molar-refractivity contribution in [2.24, 2.45) is 0 Å². The summed E-state index contributed by atoms with van der Waals surface area (Å²) in [6.45, 7) is 13.9. The summed E-state index contributed by atoms with van der Waals surface area (Å²) < 4.78 is 10.9. The molecule has 0 aromatic carbocycles. The third kappa shape index (κ3) is 7.17. The summed E-state index contributed by atoms with van der Waals surface area (Å²) in [5, 5.41) is 3.40. The van der Waals surface area contributed by atoms with E-state index in [0.717, 1.165) is 52.6 Å². The number of hydrogen-bond acceptors (Lipinski definition) is 4. The minimum absolute atomic E-state index is 0.188. The maximum Gasteiger partial charge on any atom is 0.0594 e. The first-order valence-electron chi connectivity index (χ1n) is 6.21. The first kappa shape index (κ1) is 13.9. The molecule has 0 radical (unpaired) electrons. The highest BCUT2D eigenvalue weighted by Gasteiger charge is 2.10. The van der Waals surface area contributed by atoms with Gasteiger partial charge >= 0.3 is 0 Å². The van der Waals surface area contributed by atoms with Gasteiger partial charge in [0, 0.05) is 31.7 Å². The van der Waals surface area contributed by atoms with Gasteiger partial charge in [0.15, 0.2) is 0 Å². The fourth-order valence-electron chi connectivity index (χ4n) is 1.62. The predicted octanol–water partition coefficient (Wildman–Crippen LogP) is 0.723. The van der Waals surface area contributed by atoms with Crippen molar-refractivity contribution < 1.29 is 9.47 Å². The van der Waals surface area contributed by atoms with Gasteiger partial charge in [-0.15, -0.1) is 0 Å². The summed E-state index contributed by atoms with van der Waals surface area (Å²) in [6, 6.07) is 0. The highest BCUT2D eigenvalue weighted by Crippen LogP contribution is 1.97. The first-order chi connectivity index (χ1) is 7.58. The molecule has 4 heteroatoms. The van der Waals surface area contributed by atoms with Crippen LogP contribution in [-0.2, 0) is 9.47 Å². The van der Waals surface area contributed by atoms with Gasteiger partial charge in [0.05, 0.1) is 26.4 Å². The van der Waals surface area contributed by atoms with E-state index in [9.17, 15) is 0 Å². The normalized spacial score (nSPS) is 18.9. The minimum atomic E-state index is 0.188. The Labute approximate surface area is 99.3 Å². The zero-order valence-electron chi connectivity index (χ0n) is 10.9. The van der Waals surface area contributed by atoms with E-state index in [0.29, 0.717) is 0 Å². The van der Waals surface area contributed by atoms with Crippen LogP contribution >= 0.6 is 0 Å². The summed E-state index contributed by atoms with van der Waals surface area (Å²) in [6.07, 6.45) is 0. The van der Waals surface area contributed by atoms with Crippen molar-refractivity contribution >= 4 is 0 Å². The van der Waals surface area contributed by atoms with Gasteiger partial charge in [-0.2, -0.15) is 0 Å². The van der Waals surface area contributed by atoms with E-state index in [4.69, 9.17) is 9.47 Å². The summed E-state index contributed by atoms with van der Waals surface area (Å²) in [5.74, 6) is 0. The van der Waals surface area contributed by atoms with Crippen LogP contribution in [0.5, 0.6) is 0 Å². The predicted molar refractivity (Wildman–Crippen MR) is 65.8 cm³/mol. The van der Waals surface area contributed by atoms with E-state index < -0.39 is 0 Å². The second-order valence-electron chi connectivity index (χ2n) is 5.24. The Kier molecular flexibility index (Phi) is 6.28. The molecule has 1 rings (SSSR count). The molecule has 96 valence electrons. The monoisotopic (exact) mass is 230 g/mol. The standard InChI is InChI=1S/C12H26N2O2/c1-12(2,3)13-4-8-15-9-5-14-6-10-16-11-7-14/h13H,4-11H2,1-3H3. The van der Waals surface area contributed by atoms with Gasteiger partial charge in [0.1, 0.15) is 0 Å². The SMILES string of the molecule is CC(C)(C)NCCOCCN1CCOCC1. The van der Waals surface area contributed by atoms with Crippen LogP contribution in [0.25, 0.3) is 0 Å². The molecule has 1 aliphatic heterocycles. The molecule has 0 spiro atoms. The Morgan fingerprint density at radius 3 is 2.50 bits per heavy atom. The van der Waals surface area contributed by atoms with Gasteiger partial charge in [-0.25, -0.2) is 0 Å². The van der Waals surface area contributed by atoms with Crippen molar-refractivity contribution in [3.8, 4) is 0 Å². The molecule has 0 atom stereocenters. The fourth-order valence-corrected chi connectivity index (χ4v) is 1.62. The number of hydrogen-bond donors (Lipinski definition) is 1. The van der Waals surface area contributed by atoms with Gasteiger partial charge < -0.3 is 14.8 Å². The average Bonchev–Trinajstić information content (AvgIpc) is 2.23. The molecule has 0 unspecified atom stereocenters. The summed E-state index contributed by atoms with van der Waals surface area (Å²) in [4.78, 5) is 2.39. The molecular weight excluding hydrogens is 204 g/mol. The van der Waals surface area contributed by atoms with Gasteiger partial charge in [-0.1, -0.05) is 0 Å². The second-order valence-corrected chi connectivity index (χ2v) is 5.24. The molecule has 0 amide bonds. The van der Waals surface area contributed by atoms with Crippen LogP contribution in [-0.4, -0.2) is 63.0 Å². The molecule has 1 heterocycles. The van der Waals surface area contributed by atoms with E-state index in [-0.39, 0.29) is 5.54 Å². The average molecular weight is 230 g/mol. The molecule has 0 aliphatic carbocycles. The van der Waals surface area contributed by atoms with Crippen molar-refractivity contribution in [3.05, 3.63) is 0 Å². The van der Waals surface area contributed by atoms with Crippen molar-refractivity contribution in [3.63, 3.8) is 0 Å². The summed E-state index contributed by atoms with van der Waals surface area (Å²) >= 11 is 0. The lowest BCUT2D eigenvalue weighted by Gasteiger charge is -2.26. The molecule has 0 aromatic heterocycles. The zero-order valence-corrected chi connectivity index (χ0v) is 10.9. The molecule has 0 aromatic rings. The quantitative estimate of drug-likeness (QED) is 0.682. The third-order valence-electron chi connectivity index (χ3n) is 2.56. The number of rotatable bonds is 6. The molecule has 1 fully saturated rings. The topological polar surface area (TPSA) is 33.7 Å². The van der Waals surface area contributed by atoms with E-state index in [2.05, 4.69) is 31.0 Å². The highest BCUT2D eigenvalue weighted by molar-refractivity contribution is 4.69. The van der Waals surface area contributed by atoms with Crippen molar-refractivity contribution in [1.29, 1.82) is 0 Å². The molecule has 1 N–H and O–H groups in total. The van der Waals surface area contributed by atoms with E-state index in [1.165, 1.54) is 0 Å². The number of ether oxygens (including phenoxy) is 2. The van der Waals surface area contributed by atoms with Crippen molar-refractivity contribution in [2.45, 2.75) is 26.3 Å². The largest absolute Gasteiger partial charge is 0.379 e. The second kappa shape index (κ2) is 7.22. The number of nitrogens with one attached hydrogen (secondary N) is 1. The maximum absolute atomic E-state index is 5.59. The van der Waals surface area contributed by atoms with Crippen molar-refractivity contribution in [1.82, 2.24) is 10.2 Å². The number of morpholine rings is 1. The summed E-state index contributed by atoms with van der Waals surface area (Å²) in [7, 11) is 0. The van der Waals surface area contributed by atoms with Crippen molar-refractivity contribution in [2.75, 3.05) is 52.6 Å². The summed E-state index contributed by atoms with van der Waals surface area (Å²) in [5.41, 5.74) is 0.188. The highest BCUT2D eigenvalue weighted by atomic mass is 16.5. The van der Waals surface area contributed by atoms with Crippen LogP contribution in [0, 0.1) is 0 Å². The van der Waals surface area contributed by atoms with Crippen LogP contribution in [0.1, 0.15) is 20.8 Å². The van der Waals surface area contributed by atoms with Gasteiger partial charge in [-0.05, 0) is 20.8 Å². The molecule has 4 nitrogen and oxygen atoms in total. The number of nitrogens with zero attached hydrogens (tertiary/aromatic N) is 1. The van der Waals surface area contributed by atoms with E-state index >= 15 is 0 Å². The zero-order chi connectivity index (χ0) is 11.9. The lowest BCUT2D eigenvalue weighted by molar-refractivity contribution is 0.0204. The fraction of sp³-hybridized carbons (Fsp3) is 1.00. The van der Waals surface area contributed by atoms with E-state index in [1.54, 1.807) is 0 Å². The van der Waals surface area contributed by atoms with Gasteiger partial charge in [-0.3, -0.25) is 4.90 Å². The smallest absolute Gasteiger partial charge is 0.0594 e. The van der Waals surface area contributed by atoms with Crippen LogP contribution in [0.15, 0.2) is 0 Å². The molecule has 1 aliphatic rings. The first-order valence-corrected chi connectivity index (χ1v) is 6.21. The Balaban J connectivity index is 1.87. The Morgan fingerprint density at radius 2 is 1.88 bits per heavy atom. The van der Waals surface area contributed by atoms with Gasteiger partial charge in [0.2, 0.25) is 0 Å². The Bertz CT molecular complexity index is 174. The lowest BCUT2D eigenvalue weighted by atomic mass is 10.1. The van der Waals surface area contributed by atoms with E-state index in [1.807, 2.05) is 0 Å². The molecule has 0 bridgehead atoms.